The molecule has 10 nitrogen and oxygen atoms in total. The van der Waals surface area contributed by atoms with Gasteiger partial charge in [0.25, 0.3) is 5.91 Å². The summed E-state index contributed by atoms with van der Waals surface area (Å²) in [6.07, 6.45) is 4.77. The van der Waals surface area contributed by atoms with Crippen molar-refractivity contribution in [1.82, 2.24) is 14.9 Å². The largest absolute Gasteiger partial charge is 0.490 e. The van der Waals surface area contributed by atoms with Gasteiger partial charge in [-0.25, -0.2) is 4.98 Å². The van der Waals surface area contributed by atoms with Crippen LogP contribution in [0.1, 0.15) is 62.1 Å². The summed E-state index contributed by atoms with van der Waals surface area (Å²) in [6.45, 7) is 4.76. The minimum Gasteiger partial charge on any atom is -0.490 e. The fourth-order valence-corrected chi connectivity index (χ4v) is 4.58. The quantitative estimate of drug-likeness (QED) is 0.233. The number of nitrogens with zero attached hydrogens (tertiary/aromatic N) is 3. The van der Waals surface area contributed by atoms with Crippen molar-refractivity contribution < 1.29 is 32.3 Å². The Morgan fingerprint density at radius 2 is 1.45 bits per heavy atom. The lowest BCUT2D eigenvalue weighted by Crippen LogP contribution is -2.41. The number of ether oxygens (including phenoxy) is 2. The van der Waals surface area contributed by atoms with Gasteiger partial charge in [-0.3, -0.25) is 19.4 Å². The number of likely N-dealkylation sites (tertiary alicyclic amines) is 1. The Labute approximate surface area is 258 Å². The van der Waals surface area contributed by atoms with Gasteiger partial charge in [-0.05, 0) is 67.9 Å². The van der Waals surface area contributed by atoms with E-state index in [0.29, 0.717) is 41.4 Å². The summed E-state index contributed by atoms with van der Waals surface area (Å²) in [6, 6.07) is 21.5. The first-order valence-electron chi connectivity index (χ1n) is 13.9. The Kier molecular flexibility index (Phi) is 11.2. The Balaban J connectivity index is 0.00000141. The summed E-state index contributed by atoms with van der Waals surface area (Å²) < 4.78 is 28.4. The molecule has 44 heavy (non-hydrogen) atoms. The van der Waals surface area contributed by atoms with Crippen molar-refractivity contribution >= 4 is 29.0 Å². The van der Waals surface area contributed by atoms with Crippen LogP contribution in [-0.4, -0.2) is 60.0 Å². The van der Waals surface area contributed by atoms with Crippen molar-refractivity contribution in [2.45, 2.75) is 39.2 Å². The second kappa shape index (κ2) is 15.4. The van der Waals surface area contributed by atoms with E-state index < -0.39 is 11.6 Å². The first kappa shape index (κ1) is 31.9. The van der Waals surface area contributed by atoms with Gasteiger partial charge < -0.3 is 14.4 Å². The molecule has 2 aromatic carbocycles. The molecule has 2 aromatic heterocycles. The molecule has 1 saturated heterocycles. The predicted molar refractivity (Wildman–Crippen MR) is 163 cm³/mol. The first-order chi connectivity index (χ1) is 21.2. The summed E-state index contributed by atoms with van der Waals surface area (Å²) in [5, 5.41) is 0. The lowest BCUT2D eigenvalue weighted by molar-refractivity contribution is 0.0594. The molecule has 1 amide bonds. The molecule has 0 unspecified atom stereocenters. The van der Waals surface area contributed by atoms with Crippen LogP contribution >= 0.6 is 0 Å². The lowest BCUT2D eigenvalue weighted by Gasteiger charge is -2.32. The van der Waals surface area contributed by atoms with Crippen LogP contribution in [-0.2, 0) is 18.0 Å². The lowest BCUT2D eigenvalue weighted by atomic mass is 10.1. The molecule has 0 N–H and O–H groups in total. The molecule has 3 heterocycles. The minimum atomic E-state index is -0.750. The van der Waals surface area contributed by atoms with E-state index in [9.17, 15) is 14.4 Å². The molecule has 0 saturated carbocycles. The van der Waals surface area contributed by atoms with E-state index >= 15 is 0 Å². The molecule has 0 aliphatic carbocycles. The summed E-state index contributed by atoms with van der Waals surface area (Å²) in [7, 11) is 0. The second-order valence-electron chi connectivity index (χ2n) is 10.2. The number of hydrogen-bond donors (Lipinski definition) is 0. The summed E-state index contributed by atoms with van der Waals surface area (Å²) in [5.74, 6) is 1.50. The van der Waals surface area contributed by atoms with E-state index in [1.165, 1.54) is 18.7 Å². The van der Waals surface area contributed by atoms with Crippen molar-refractivity contribution in [3.8, 4) is 17.4 Å². The molecule has 0 atom stereocenters. The van der Waals surface area contributed by atoms with Gasteiger partial charge in [-0.1, -0.05) is 23.8 Å². The van der Waals surface area contributed by atoms with Crippen molar-refractivity contribution in [2.24, 2.45) is 0 Å². The SMILES string of the molecule is CC(=O)c1ccc(Oc2ccc(CC(=O)c3ccc(C(=O)N4CCC(Oc5ccc(C)cc5)CC4)cn3)cn2)cc1.O=S=O. The molecule has 226 valence electrons. The average molecular weight is 614 g/mol. The minimum absolute atomic E-state index is 0.0140. The Morgan fingerprint density at radius 3 is 2.02 bits per heavy atom. The Morgan fingerprint density at radius 1 is 0.818 bits per heavy atom. The van der Waals surface area contributed by atoms with E-state index in [1.54, 1.807) is 59.6 Å². The van der Waals surface area contributed by atoms with Crippen LogP contribution in [0.5, 0.6) is 17.4 Å². The number of carbonyl (C=O) groups is 3. The molecule has 1 fully saturated rings. The highest BCUT2D eigenvalue weighted by Crippen LogP contribution is 2.22. The summed E-state index contributed by atoms with van der Waals surface area (Å²) in [5.41, 5.74) is 3.25. The van der Waals surface area contributed by atoms with E-state index in [2.05, 4.69) is 9.97 Å². The van der Waals surface area contributed by atoms with Gasteiger partial charge in [0.2, 0.25) is 5.88 Å². The van der Waals surface area contributed by atoms with Crippen molar-refractivity contribution in [2.75, 3.05) is 13.1 Å². The van der Waals surface area contributed by atoms with Crippen molar-refractivity contribution in [3.63, 3.8) is 0 Å². The van der Waals surface area contributed by atoms with Crippen LogP contribution < -0.4 is 9.47 Å². The molecular weight excluding hydrogens is 582 g/mol. The maximum absolute atomic E-state index is 13.0. The molecule has 1 aliphatic rings. The summed E-state index contributed by atoms with van der Waals surface area (Å²) >= 11 is -0.750. The fourth-order valence-electron chi connectivity index (χ4n) is 4.58. The molecule has 0 radical (unpaired) electrons. The van der Waals surface area contributed by atoms with E-state index in [-0.39, 0.29) is 35.7 Å². The van der Waals surface area contributed by atoms with Crippen LogP contribution in [0.25, 0.3) is 0 Å². The highest BCUT2D eigenvalue weighted by atomic mass is 32.1. The maximum Gasteiger partial charge on any atom is 0.335 e. The predicted octanol–water partition coefficient (Wildman–Crippen LogP) is 5.22. The number of benzene rings is 2. The van der Waals surface area contributed by atoms with E-state index in [1.807, 2.05) is 31.2 Å². The second-order valence-corrected chi connectivity index (χ2v) is 10.3. The molecule has 4 aromatic rings. The van der Waals surface area contributed by atoms with Crippen LogP contribution in [0.3, 0.4) is 0 Å². The molecule has 11 heteroatoms. The highest BCUT2D eigenvalue weighted by Gasteiger charge is 2.25. The third-order valence-corrected chi connectivity index (χ3v) is 6.99. The van der Waals surface area contributed by atoms with Gasteiger partial charge in [0, 0.05) is 56.4 Å². The zero-order valence-corrected chi connectivity index (χ0v) is 25.1. The Hall–Kier alpha value is -5.03. The van der Waals surface area contributed by atoms with Crippen LogP contribution in [0, 0.1) is 6.92 Å². The van der Waals surface area contributed by atoms with Gasteiger partial charge in [0.15, 0.2) is 11.6 Å². The first-order valence-corrected chi connectivity index (χ1v) is 14.6. The van der Waals surface area contributed by atoms with Crippen molar-refractivity contribution in [3.05, 3.63) is 113 Å². The normalized spacial score (nSPS) is 12.8. The third kappa shape index (κ3) is 8.98. The van der Waals surface area contributed by atoms with Gasteiger partial charge in [-0.15, -0.1) is 0 Å². The molecule has 1 aliphatic heterocycles. The van der Waals surface area contributed by atoms with Gasteiger partial charge in [0.1, 0.15) is 23.3 Å². The molecular formula is C33H31N3O7S. The number of rotatable bonds is 9. The monoisotopic (exact) mass is 613 g/mol. The van der Waals surface area contributed by atoms with E-state index in [0.717, 1.165) is 18.6 Å². The number of piperidine rings is 1. The van der Waals surface area contributed by atoms with Crippen LogP contribution in [0.4, 0.5) is 0 Å². The molecule has 0 spiro atoms. The number of Topliss-reactive ketones (excluding diaryl/α,β-unsaturated/α-hetero) is 2. The maximum atomic E-state index is 13.0. The van der Waals surface area contributed by atoms with Gasteiger partial charge >= 0.3 is 11.6 Å². The number of amides is 1. The Bertz CT molecular complexity index is 1610. The third-order valence-electron chi connectivity index (χ3n) is 6.99. The van der Waals surface area contributed by atoms with Crippen LogP contribution in [0.15, 0.2) is 85.2 Å². The fraction of sp³-hybridized carbons (Fsp3) is 0.242. The van der Waals surface area contributed by atoms with E-state index in [4.69, 9.17) is 17.9 Å². The van der Waals surface area contributed by atoms with Gasteiger partial charge in [0.05, 0.1) is 5.56 Å². The smallest absolute Gasteiger partial charge is 0.335 e. The zero-order chi connectivity index (χ0) is 31.5. The molecule has 5 rings (SSSR count). The number of hydrogen-bond acceptors (Lipinski definition) is 9. The topological polar surface area (TPSA) is 133 Å². The standard InChI is InChI=1S/C33H31N3O5.O2S/c1-22-3-9-27(10-4-22)40-29-15-17-36(18-16-29)33(39)26-8-13-30(34-21-26)31(38)19-24-5-14-32(35-20-24)41-28-11-6-25(7-12-28)23(2)37;1-3-2/h3-14,20-21,29H,15-19H2,1-2H3;. The summed E-state index contributed by atoms with van der Waals surface area (Å²) in [4.78, 5) is 47.6. The number of aromatic nitrogens is 2. The van der Waals surface area contributed by atoms with Crippen LogP contribution in [0.2, 0.25) is 0 Å². The average Bonchev–Trinajstić information content (AvgIpc) is 3.04. The number of ketones is 2. The number of aryl methyl sites for hydroxylation is 1. The molecule has 0 bridgehead atoms. The van der Waals surface area contributed by atoms with Crippen molar-refractivity contribution in [1.29, 1.82) is 0 Å². The number of pyridine rings is 2. The number of carbonyl (C=O) groups excluding carboxylic acids is 3. The van der Waals surface area contributed by atoms with Gasteiger partial charge in [-0.2, -0.15) is 8.42 Å². The zero-order valence-electron chi connectivity index (χ0n) is 24.3. The highest BCUT2D eigenvalue weighted by molar-refractivity contribution is 7.51.